The molecule has 4 amide bonds. The molecule has 1 unspecified atom stereocenters. The second-order valence-corrected chi connectivity index (χ2v) is 17.2. The number of fused-ring (bicyclic) bond motifs is 1. The summed E-state index contributed by atoms with van der Waals surface area (Å²) in [6.45, 7) is 16.0. The molecule has 2 saturated carbocycles. The van der Waals surface area contributed by atoms with E-state index in [1.807, 2.05) is 31.2 Å². The number of sulfonamides is 1. The van der Waals surface area contributed by atoms with Gasteiger partial charge in [0.05, 0.1) is 17.5 Å². The van der Waals surface area contributed by atoms with Gasteiger partial charge in [-0.2, -0.15) is 5.10 Å². The monoisotopic (exact) mass is 698 g/mol. The Kier molecular flexibility index (Phi) is 9.47. The molecule has 1 aromatic carbocycles. The molecule has 5 atom stereocenters. The van der Waals surface area contributed by atoms with Crippen molar-refractivity contribution in [1.29, 1.82) is 0 Å². The summed E-state index contributed by atoms with van der Waals surface area (Å²) in [7, 11) is -3.89. The molecule has 2 heterocycles. The lowest BCUT2D eigenvalue weighted by Gasteiger charge is -2.36. The molecular formula is C34H46N6O8S. The first-order chi connectivity index (χ1) is 22.8. The molecular weight excluding hydrogens is 652 g/mol. The minimum atomic E-state index is -3.89. The molecule has 1 aromatic heterocycles. The number of ether oxygens (including phenoxy) is 2. The highest BCUT2D eigenvalue weighted by Gasteiger charge is 2.62. The summed E-state index contributed by atoms with van der Waals surface area (Å²) in [4.78, 5) is 56.2. The van der Waals surface area contributed by atoms with Gasteiger partial charge in [-0.1, -0.05) is 45.0 Å². The van der Waals surface area contributed by atoms with Gasteiger partial charge in [-0.05, 0) is 58.4 Å². The van der Waals surface area contributed by atoms with E-state index in [4.69, 9.17) is 9.47 Å². The molecule has 3 fully saturated rings. The number of carbonyl (C=O) groups is 4. The van der Waals surface area contributed by atoms with Crippen molar-refractivity contribution in [2.75, 3.05) is 6.54 Å². The van der Waals surface area contributed by atoms with E-state index < -0.39 is 79.7 Å². The smallest absolute Gasteiger partial charge is 0.408 e. The number of hydrogen-bond acceptors (Lipinski definition) is 10. The number of alkyl carbamates (subject to hydrolysis) is 1. The number of carbonyl (C=O) groups excluding carboxylic acids is 4. The van der Waals surface area contributed by atoms with Crippen molar-refractivity contribution in [3.8, 4) is 5.88 Å². The lowest BCUT2D eigenvalue weighted by Crippen LogP contribution is -2.60. The number of nitrogens with one attached hydrogen (secondary N) is 3. The quantitative estimate of drug-likeness (QED) is 0.312. The van der Waals surface area contributed by atoms with Crippen LogP contribution in [-0.4, -0.2) is 88.5 Å². The molecule has 49 heavy (non-hydrogen) atoms. The number of likely N-dealkylation sites (tertiary alicyclic amines) is 1. The van der Waals surface area contributed by atoms with Crippen LogP contribution in [0.25, 0.3) is 10.8 Å². The SMILES string of the molecule is C=CC1C[C@]1(NC(=O)[C@@H]1C[C@@H](Oc2nnc(C)c3ccccc23)CN1C(=O)[C@@H](NC(=O)OC(C)(C)C)C(C)(C)C)C(=O)NS(=O)(=O)C1CC1. The highest BCUT2D eigenvalue weighted by Crippen LogP contribution is 2.45. The maximum absolute atomic E-state index is 14.4. The summed E-state index contributed by atoms with van der Waals surface area (Å²) in [5, 5.41) is 14.8. The van der Waals surface area contributed by atoms with Gasteiger partial charge in [0.25, 0.3) is 5.91 Å². The lowest BCUT2D eigenvalue weighted by molar-refractivity contribution is -0.143. The van der Waals surface area contributed by atoms with E-state index >= 15 is 0 Å². The van der Waals surface area contributed by atoms with Gasteiger partial charge in [0.15, 0.2) is 0 Å². The summed E-state index contributed by atoms with van der Waals surface area (Å²) in [5.74, 6) is -2.37. The normalized spacial score (nSPS) is 24.5. The largest absolute Gasteiger partial charge is 0.471 e. The Morgan fingerprint density at radius 1 is 1.06 bits per heavy atom. The van der Waals surface area contributed by atoms with Crippen LogP contribution < -0.4 is 20.1 Å². The van der Waals surface area contributed by atoms with E-state index in [0.29, 0.717) is 23.9 Å². The van der Waals surface area contributed by atoms with Crippen molar-refractivity contribution in [3.63, 3.8) is 0 Å². The lowest BCUT2D eigenvalue weighted by atomic mass is 9.85. The third-order valence-electron chi connectivity index (χ3n) is 8.99. The molecule has 15 heteroatoms. The molecule has 266 valence electrons. The summed E-state index contributed by atoms with van der Waals surface area (Å²) < 4.78 is 39.2. The molecule has 2 aliphatic carbocycles. The maximum atomic E-state index is 14.4. The number of benzene rings is 1. The van der Waals surface area contributed by atoms with E-state index in [1.165, 1.54) is 11.0 Å². The summed E-state index contributed by atoms with van der Waals surface area (Å²) in [6.07, 6.45) is 1.05. The predicted molar refractivity (Wildman–Crippen MR) is 181 cm³/mol. The van der Waals surface area contributed by atoms with E-state index in [1.54, 1.807) is 41.5 Å². The van der Waals surface area contributed by atoms with Gasteiger partial charge in [0.1, 0.15) is 29.3 Å². The van der Waals surface area contributed by atoms with Gasteiger partial charge in [-0.15, -0.1) is 11.7 Å². The van der Waals surface area contributed by atoms with E-state index in [2.05, 4.69) is 32.1 Å². The predicted octanol–water partition coefficient (Wildman–Crippen LogP) is 2.90. The second kappa shape index (κ2) is 12.9. The summed E-state index contributed by atoms with van der Waals surface area (Å²) in [6, 6.07) is 5.19. The minimum absolute atomic E-state index is 0.0155. The number of aromatic nitrogens is 2. The fourth-order valence-electron chi connectivity index (χ4n) is 6.09. The Morgan fingerprint density at radius 2 is 1.71 bits per heavy atom. The van der Waals surface area contributed by atoms with Crippen LogP contribution in [0, 0.1) is 18.3 Å². The first-order valence-electron chi connectivity index (χ1n) is 16.4. The van der Waals surface area contributed by atoms with Crippen LogP contribution >= 0.6 is 0 Å². The van der Waals surface area contributed by atoms with Crippen molar-refractivity contribution < 1.29 is 37.1 Å². The number of nitrogens with zero attached hydrogens (tertiary/aromatic N) is 3. The van der Waals surface area contributed by atoms with Gasteiger partial charge in [0.2, 0.25) is 27.7 Å². The van der Waals surface area contributed by atoms with Gasteiger partial charge >= 0.3 is 6.09 Å². The first kappa shape index (κ1) is 36.0. The summed E-state index contributed by atoms with van der Waals surface area (Å²) >= 11 is 0. The number of amides is 4. The average molecular weight is 699 g/mol. The first-order valence-corrected chi connectivity index (χ1v) is 18.0. The third-order valence-corrected chi connectivity index (χ3v) is 10.8. The van der Waals surface area contributed by atoms with Crippen molar-refractivity contribution in [3.05, 3.63) is 42.6 Å². The van der Waals surface area contributed by atoms with Crippen LogP contribution in [0.2, 0.25) is 0 Å². The molecule has 1 aliphatic heterocycles. The molecule has 0 bridgehead atoms. The van der Waals surface area contributed by atoms with Crippen LogP contribution in [0.1, 0.15) is 72.9 Å². The zero-order valence-electron chi connectivity index (χ0n) is 29.0. The molecule has 1 saturated heterocycles. The van der Waals surface area contributed by atoms with Gasteiger partial charge < -0.3 is 25.0 Å². The van der Waals surface area contributed by atoms with E-state index in [-0.39, 0.29) is 25.3 Å². The van der Waals surface area contributed by atoms with Crippen LogP contribution in [0.4, 0.5) is 4.79 Å². The molecule has 3 N–H and O–H groups in total. The zero-order chi connectivity index (χ0) is 36.1. The fraction of sp³-hybridized carbons (Fsp3) is 0.588. The summed E-state index contributed by atoms with van der Waals surface area (Å²) in [5.41, 5.74) is -2.48. The molecule has 3 aliphatic rings. The number of aryl methyl sites for hydroxylation is 1. The topological polar surface area (TPSA) is 186 Å². The Morgan fingerprint density at radius 3 is 2.29 bits per heavy atom. The van der Waals surface area contributed by atoms with E-state index in [0.717, 1.165) is 5.39 Å². The highest BCUT2D eigenvalue weighted by atomic mass is 32.2. The van der Waals surface area contributed by atoms with E-state index in [9.17, 15) is 27.6 Å². The highest BCUT2D eigenvalue weighted by molar-refractivity contribution is 7.91. The van der Waals surface area contributed by atoms with Crippen LogP contribution in [0.3, 0.4) is 0 Å². The fourth-order valence-corrected chi connectivity index (χ4v) is 7.46. The van der Waals surface area contributed by atoms with Gasteiger partial charge in [0, 0.05) is 23.1 Å². The van der Waals surface area contributed by atoms with Crippen LogP contribution in [0.15, 0.2) is 36.9 Å². The van der Waals surface area contributed by atoms with Gasteiger partial charge in [-0.25, -0.2) is 13.2 Å². The number of rotatable bonds is 10. The third kappa shape index (κ3) is 7.81. The van der Waals surface area contributed by atoms with Gasteiger partial charge in [-0.3, -0.25) is 19.1 Å². The van der Waals surface area contributed by atoms with Crippen LogP contribution in [0.5, 0.6) is 5.88 Å². The van der Waals surface area contributed by atoms with Crippen molar-refractivity contribution >= 4 is 44.6 Å². The Balaban J connectivity index is 1.44. The Labute approximate surface area is 286 Å². The maximum Gasteiger partial charge on any atom is 0.408 e. The molecule has 5 rings (SSSR count). The number of hydrogen-bond donors (Lipinski definition) is 3. The molecule has 14 nitrogen and oxygen atoms in total. The van der Waals surface area contributed by atoms with Crippen molar-refractivity contribution in [2.24, 2.45) is 11.3 Å². The van der Waals surface area contributed by atoms with Crippen molar-refractivity contribution in [1.82, 2.24) is 30.5 Å². The Bertz CT molecular complexity index is 1780. The second-order valence-electron chi connectivity index (χ2n) is 15.2. The average Bonchev–Trinajstić information content (AvgIpc) is 3.92. The van der Waals surface area contributed by atoms with Crippen molar-refractivity contribution in [2.45, 2.75) is 109 Å². The molecule has 0 spiro atoms. The zero-order valence-corrected chi connectivity index (χ0v) is 29.8. The van der Waals surface area contributed by atoms with Crippen LogP contribution in [-0.2, 0) is 29.1 Å². The standard InChI is InChI=1S/C34H46N6O8S/c1-9-20-17-34(20,30(43)39-49(45,46)22-14-15-22)36-27(41)25-16-21(47-28-24-13-11-10-12-23(24)19(2)37-38-28)18-40(25)29(42)26(32(3,4)5)35-31(44)48-33(6,7)8/h9-13,20-22,25-26H,1,14-18H2,2-8H3,(H,35,44)(H,36,41)(H,39,43)/t20?,21-,25+,26-,34-/m1/s1. The molecule has 0 radical (unpaired) electrons. The minimum Gasteiger partial charge on any atom is -0.471 e. The Hall–Kier alpha value is -4.27. The molecule has 2 aromatic rings.